The van der Waals surface area contributed by atoms with Crippen LogP contribution >= 0.6 is 0 Å². The van der Waals surface area contributed by atoms with Crippen LogP contribution in [0.2, 0.25) is 0 Å². The third-order valence-electron chi connectivity index (χ3n) is 6.50. The van der Waals surface area contributed by atoms with Gasteiger partial charge in [0.1, 0.15) is 0 Å². The number of nitrogens with one attached hydrogen (secondary N) is 3. The summed E-state index contributed by atoms with van der Waals surface area (Å²) in [7, 11) is 0. The van der Waals surface area contributed by atoms with Crippen molar-refractivity contribution in [3.05, 3.63) is 108 Å². The van der Waals surface area contributed by atoms with Crippen LogP contribution in [0.4, 0.5) is 13.2 Å². The Kier molecular flexibility index (Phi) is 9.02. The third-order valence-corrected chi connectivity index (χ3v) is 6.50. The lowest BCUT2D eigenvalue weighted by Crippen LogP contribution is -2.40. The van der Waals surface area contributed by atoms with Gasteiger partial charge in [-0.3, -0.25) is 9.59 Å². The van der Waals surface area contributed by atoms with Crippen LogP contribution in [-0.4, -0.2) is 24.1 Å². The molecule has 2 aromatic carbocycles. The summed E-state index contributed by atoms with van der Waals surface area (Å²) in [4.78, 5) is 25.0. The predicted octanol–water partition coefficient (Wildman–Crippen LogP) is 5.18. The van der Waals surface area contributed by atoms with Gasteiger partial charge in [0, 0.05) is 23.5 Å². The highest BCUT2D eigenvalue weighted by atomic mass is 19.4. The molecule has 38 heavy (non-hydrogen) atoms. The third kappa shape index (κ3) is 7.58. The van der Waals surface area contributed by atoms with Crippen molar-refractivity contribution in [1.29, 1.82) is 0 Å². The van der Waals surface area contributed by atoms with Gasteiger partial charge < -0.3 is 20.7 Å². The number of allylic oxidation sites excluding steroid dienone is 3. The monoisotopic (exact) mass is 525 g/mol. The molecule has 6 nitrogen and oxygen atoms in total. The first kappa shape index (κ1) is 27.2. The Morgan fingerprint density at radius 3 is 2.45 bits per heavy atom. The number of rotatable bonds is 8. The fourth-order valence-corrected chi connectivity index (χ4v) is 4.57. The average molecular weight is 526 g/mol. The molecule has 1 heterocycles. The lowest BCUT2D eigenvalue weighted by atomic mass is 9.86. The molecule has 2 aliphatic rings. The van der Waals surface area contributed by atoms with Gasteiger partial charge in [0.15, 0.2) is 0 Å². The molecular formula is C29H30F3N3O3. The van der Waals surface area contributed by atoms with Crippen LogP contribution in [0.15, 0.2) is 96.5 Å². The van der Waals surface area contributed by atoms with E-state index in [1.54, 1.807) is 0 Å². The minimum Gasteiger partial charge on any atom is -0.374 e. The summed E-state index contributed by atoms with van der Waals surface area (Å²) in [6.07, 6.45) is 3.74. The second-order valence-corrected chi connectivity index (χ2v) is 9.31. The van der Waals surface area contributed by atoms with E-state index in [0.29, 0.717) is 18.7 Å². The van der Waals surface area contributed by atoms with Crippen LogP contribution < -0.4 is 16.0 Å². The van der Waals surface area contributed by atoms with Crippen LogP contribution in [0.3, 0.4) is 0 Å². The zero-order valence-electron chi connectivity index (χ0n) is 20.7. The van der Waals surface area contributed by atoms with Gasteiger partial charge in [0.05, 0.1) is 18.8 Å². The molecule has 0 saturated heterocycles. The number of benzene rings is 2. The zero-order chi connectivity index (χ0) is 27.0. The molecule has 0 spiro atoms. The van der Waals surface area contributed by atoms with Gasteiger partial charge in [0.2, 0.25) is 5.91 Å². The van der Waals surface area contributed by atoms with Crippen LogP contribution in [0, 0.1) is 5.92 Å². The standard InChI is InChI=1S/C29H30F3N3O3/c30-29(31,32)28(37)34-23-14-8-16-33-25(18-23)26(21-11-5-2-6-12-21)35-27(36)22-13-7-15-24(17-22)38-19-20-9-3-1-4-10-20/h1-6,8-12,14,16,18,22,24,26,33H,7,13,15,17,19H2,(H,34,37)(H,35,36). The van der Waals surface area contributed by atoms with E-state index in [4.69, 9.17) is 4.74 Å². The first-order valence-corrected chi connectivity index (χ1v) is 12.5. The second kappa shape index (κ2) is 12.6. The molecule has 1 saturated carbocycles. The van der Waals surface area contributed by atoms with Gasteiger partial charge in [-0.2, -0.15) is 13.2 Å². The summed E-state index contributed by atoms with van der Waals surface area (Å²) in [5.74, 6) is -2.50. The Morgan fingerprint density at radius 1 is 1.03 bits per heavy atom. The first-order chi connectivity index (χ1) is 18.3. The smallest absolute Gasteiger partial charge is 0.374 e. The van der Waals surface area contributed by atoms with Crippen molar-refractivity contribution in [1.82, 2.24) is 16.0 Å². The van der Waals surface area contributed by atoms with E-state index in [2.05, 4.69) is 10.6 Å². The molecule has 1 aliphatic heterocycles. The highest BCUT2D eigenvalue weighted by molar-refractivity contribution is 5.84. The van der Waals surface area contributed by atoms with Crippen molar-refractivity contribution in [2.45, 2.75) is 50.6 Å². The second-order valence-electron chi connectivity index (χ2n) is 9.31. The molecule has 2 aromatic rings. The molecule has 1 aliphatic carbocycles. The van der Waals surface area contributed by atoms with E-state index in [1.165, 1.54) is 24.4 Å². The van der Waals surface area contributed by atoms with E-state index < -0.39 is 18.1 Å². The fourth-order valence-electron chi connectivity index (χ4n) is 4.57. The molecular weight excluding hydrogens is 495 g/mol. The summed E-state index contributed by atoms with van der Waals surface area (Å²) in [6.45, 7) is 0.481. The van der Waals surface area contributed by atoms with E-state index >= 15 is 0 Å². The van der Waals surface area contributed by atoms with Crippen molar-refractivity contribution >= 4 is 11.8 Å². The Balaban J connectivity index is 1.48. The molecule has 0 aromatic heterocycles. The van der Waals surface area contributed by atoms with Gasteiger partial charge in [-0.1, -0.05) is 67.1 Å². The summed E-state index contributed by atoms with van der Waals surface area (Å²) in [6, 6.07) is 18.3. The minimum absolute atomic E-state index is 0.0415. The van der Waals surface area contributed by atoms with E-state index in [-0.39, 0.29) is 23.6 Å². The number of halogens is 3. The number of hydrogen-bond acceptors (Lipinski definition) is 4. The van der Waals surface area contributed by atoms with Crippen molar-refractivity contribution in [2.75, 3.05) is 0 Å². The van der Waals surface area contributed by atoms with Crippen molar-refractivity contribution < 1.29 is 27.5 Å². The van der Waals surface area contributed by atoms with Gasteiger partial charge >= 0.3 is 12.1 Å². The maximum absolute atomic E-state index is 13.4. The fraction of sp³-hybridized carbons (Fsp3) is 0.310. The highest BCUT2D eigenvalue weighted by Crippen LogP contribution is 2.29. The Morgan fingerprint density at radius 2 is 1.74 bits per heavy atom. The summed E-state index contributed by atoms with van der Waals surface area (Å²) < 4.78 is 44.6. The van der Waals surface area contributed by atoms with Gasteiger partial charge in [-0.15, -0.1) is 0 Å². The van der Waals surface area contributed by atoms with Gasteiger partial charge in [-0.05, 0) is 48.6 Å². The van der Waals surface area contributed by atoms with Crippen LogP contribution in [0.1, 0.15) is 42.9 Å². The quantitative estimate of drug-likeness (QED) is 0.444. The molecule has 1 fully saturated rings. The first-order valence-electron chi connectivity index (χ1n) is 12.5. The number of carbonyl (C=O) groups is 2. The summed E-state index contributed by atoms with van der Waals surface area (Å²) >= 11 is 0. The number of amides is 2. The van der Waals surface area contributed by atoms with Gasteiger partial charge in [-0.25, -0.2) is 0 Å². The predicted molar refractivity (Wildman–Crippen MR) is 137 cm³/mol. The molecule has 3 atom stereocenters. The van der Waals surface area contributed by atoms with E-state index in [1.807, 2.05) is 66.0 Å². The normalized spacial score (nSPS) is 20.3. The van der Waals surface area contributed by atoms with Gasteiger partial charge in [0.25, 0.3) is 0 Å². The topological polar surface area (TPSA) is 79.5 Å². The van der Waals surface area contributed by atoms with Crippen molar-refractivity contribution in [2.24, 2.45) is 5.92 Å². The minimum atomic E-state index is -5.02. The lowest BCUT2D eigenvalue weighted by Gasteiger charge is -2.31. The number of alkyl halides is 3. The largest absolute Gasteiger partial charge is 0.471 e. The molecule has 0 radical (unpaired) electrons. The van der Waals surface area contributed by atoms with E-state index in [9.17, 15) is 22.8 Å². The molecule has 9 heteroatoms. The highest BCUT2D eigenvalue weighted by Gasteiger charge is 2.39. The Hall–Kier alpha value is -3.85. The van der Waals surface area contributed by atoms with E-state index in [0.717, 1.165) is 30.4 Å². The zero-order valence-corrected chi connectivity index (χ0v) is 20.7. The molecule has 3 unspecified atom stereocenters. The summed E-state index contributed by atoms with van der Waals surface area (Å²) in [5, 5.41) is 8.00. The molecule has 3 N–H and O–H groups in total. The molecule has 4 rings (SSSR count). The van der Waals surface area contributed by atoms with Crippen molar-refractivity contribution in [3.8, 4) is 0 Å². The number of carbonyl (C=O) groups excluding carboxylic acids is 2. The molecule has 200 valence electrons. The number of hydrogen-bond donors (Lipinski definition) is 3. The van der Waals surface area contributed by atoms with Crippen LogP contribution in [0.5, 0.6) is 0 Å². The lowest BCUT2D eigenvalue weighted by molar-refractivity contribution is -0.172. The maximum atomic E-state index is 13.4. The molecule has 2 amide bonds. The van der Waals surface area contributed by atoms with Crippen molar-refractivity contribution in [3.63, 3.8) is 0 Å². The SMILES string of the molecule is O=C(NC(C1=CC(NC(=O)C(F)(F)F)=CC=CN1)c1ccccc1)C1CCCC(OCc2ccccc2)C1. The molecule has 0 bridgehead atoms. The van der Waals surface area contributed by atoms with Crippen LogP contribution in [0.25, 0.3) is 0 Å². The summed E-state index contributed by atoms with van der Waals surface area (Å²) in [5.41, 5.74) is 2.18. The number of ether oxygens (including phenoxy) is 1. The Bertz CT molecular complexity index is 1190. The average Bonchev–Trinajstić information content (AvgIpc) is 3.16. The Labute approximate surface area is 219 Å². The van der Waals surface area contributed by atoms with Crippen LogP contribution in [-0.2, 0) is 20.9 Å². The maximum Gasteiger partial charge on any atom is 0.471 e.